The largest absolute Gasteiger partial charge is 0.454 e. The van der Waals surface area contributed by atoms with Crippen LogP contribution in [0.4, 0.5) is 22.7 Å². The molecule has 8 nitrogen and oxygen atoms in total. The van der Waals surface area contributed by atoms with Crippen molar-refractivity contribution in [2.24, 2.45) is 0 Å². The molecule has 0 atom stereocenters. The van der Waals surface area contributed by atoms with Crippen LogP contribution < -0.4 is 24.6 Å². The number of carbonyl (C=O) groups is 1. The quantitative estimate of drug-likeness (QED) is 0.248. The van der Waals surface area contributed by atoms with E-state index in [0.717, 1.165) is 56.4 Å². The molecule has 2 N–H and O–H groups in total. The topological polar surface area (TPSA) is 82.7 Å². The molecule has 8 heteroatoms. The average molecular weight is 532 g/mol. The SMILES string of the molecule is CN(C)c1cccc(C(=O)Nc2cccc(N(C)c3ccc4c(C=Cc5ccc6c(c5)OCO6)n[nH]c4c3)c2)c1. The Morgan fingerprint density at radius 2 is 1.65 bits per heavy atom. The van der Waals surface area contributed by atoms with Crippen molar-refractivity contribution in [2.75, 3.05) is 43.1 Å². The molecular formula is C32H29N5O3. The summed E-state index contributed by atoms with van der Waals surface area (Å²) in [6, 6.07) is 27.4. The van der Waals surface area contributed by atoms with E-state index < -0.39 is 0 Å². The lowest BCUT2D eigenvalue weighted by Crippen LogP contribution is -2.15. The molecule has 5 aromatic rings. The molecule has 40 heavy (non-hydrogen) atoms. The molecule has 2 heterocycles. The number of rotatable bonds is 7. The Morgan fingerprint density at radius 3 is 2.52 bits per heavy atom. The summed E-state index contributed by atoms with van der Waals surface area (Å²) in [6.07, 6.45) is 3.99. The summed E-state index contributed by atoms with van der Waals surface area (Å²) in [4.78, 5) is 17.0. The number of aromatic amines is 1. The maximum absolute atomic E-state index is 12.9. The summed E-state index contributed by atoms with van der Waals surface area (Å²) in [5.74, 6) is 1.37. The summed E-state index contributed by atoms with van der Waals surface area (Å²) < 4.78 is 10.9. The van der Waals surface area contributed by atoms with Gasteiger partial charge in [0.25, 0.3) is 5.91 Å². The lowest BCUT2D eigenvalue weighted by molar-refractivity contribution is 0.102. The molecule has 0 unspecified atom stereocenters. The normalized spacial score (nSPS) is 12.2. The number of carbonyl (C=O) groups excluding carboxylic acids is 1. The molecule has 1 aliphatic heterocycles. The Bertz CT molecular complexity index is 1740. The standard InChI is InChI=1S/C32H29N5O3/c1-36(2)24-8-4-6-22(17-24)32(38)33-23-7-5-9-25(18-23)37(3)26-12-13-27-28(34-35-29(27)19-26)14-10-21-11-15-30-31(16-21)40-20-39-30/h4-19H,20H2,1-3H3,(H,33,38)(H,34,35). The van der Waals surface area contributed by atoms with Gasteiger partial charge in [-0.1, -0.05) is 24.3 Å². The zero-order chi connectivity index (χ0) is 27.6. The molecule has 6 rings (SSSR count). The zero-order valence-electron chi connectivity index (χ0n) is 22.5. The number of nitrogens with one attached hydrogen (secondary N) is 2. The van der Waals surface area contributed by atoms with Gasteiger partial charge in [0.1, 0.15) is 0 Å². The third kappa shape index (κ3) is 5.07. The molecule has 4 aromatic carbocycles. The van der Waals surface area contributed by atoms with Gasteiger partial charge in [0.05, 0.1) is 11.2 Å². The number of nitrogens with zero attached hydrogens (tertiary/aromatic N) is 3. The van der Waals surface area contributed by atoms with Crippen LogP contribution in [-0.4, -0.2) is 44.0 Å². The molecular weight excluding hydrogens is 502 g/mol. The highest BCUT2D eigenvalue weighted by atomic mass is 16.7. The van der Waals surface area contributed by atoms with Crippen molar-refractivity contribution in [2.45, 2.75) is 0 Å². The van der Waals surface area contributed by atoms with Gasteiger partial charge in [-0.2, -0.15) is 5.10 Å². The van der Waals surface area contributed by atoms with Crippen molar-refractivity contribution in [1.82, 2.24) is 10.2 Å². The van der Waals surface area contributed by atoms with E-state index in [2.05, 4.69) is 38.6 Å². The van der Waals surface area contributed by atoms with Crippen molar-refractivity contribution >= 4 is 51.7 Å². The number of H-pyrrole nitrogens is 1. The van der Waals surface area contributed by atoms with E-state index in [4.69, 9.17) is 9.47 Å². The van der Waals surface area contributed by atoms with Crippen LogP contribution in [0.5, 0.6) is 11.5 Å². The van der Waals surface area contributed by atoms with Gasteiger partial charge in [-0.25, -0.2) is 0 Å². The molecule has 0 bridgehead atoms. The van der Waals surface area contributed by atoms with Gasteiger partial charge in [0.2, 0.25) is 6.79 Å². The fourth-order valence-corrected chi connectivity index (χ4v) is 4.63. The first kappa shape index (κ1) is 25.1. The Balaban J connectivity index is 1.18. The molecule has 0 spiro atoms. The molecule has 0 radical (unpaired) electrons. The smallest absolute Gasteiger partial charge is 0.255 e. The molecule has 0 saturated carbocycles. The predicted molar refractivity (Wildman–Crippen MR) is 161 cm³/mol. The molecule has 0 fully saturated rings. The van der Waals surface area contributed by atoms with Crippen LogP contribution in [0, 0.1) is 0 Å². The highest BCUT2D eigenvalue weighted by molar-refractivity contribution is 6.05. The van der Waals surface area contributed by atoms with Gasteiger partial charge < -0.3 is 24.6 Å². The van der Waals surface area contributed by atoms with Crippen molar-refractivity contribution in [3.05, 3.63) is 102 Å². The minimum atomic E-state index is -0.149. The molecule has 1 aromatic heterocycles. The van der Waals surface area contributed by atoms with Crippen molar-refractivity contribution in [3.8, 4) is 11.5 Å². The van der Waals surface area contributed by atoms with E-state index in [9.17, 15) is 4.79 Å². The fourth-order valence-electron chi connectivity index (χ4n) is 4.63. The number of hydrogen-bond acceptors (Lipinski definition) is 6. The minimum Gasteiger partial charge on any atom is -0.454 e. The maximum Gasteiger partial charge on any atom is 0.255 e. The number of fused-ring (bicyclic) bond motifs is 2. The van der Waals surface area contributed by atoms with Gasteiger partial charge in [0, 0.05) is 54.8 Å². The van der Waals surface area contributed by atoms with Crippen LogP contribution in [0.15, 0.2) is 84.9 Å². The van der Waals surface area contributed by atoms with Crippen LogP contribution in [0.25, 0.3) is 23.1 Å². The van der Waals surface area contributed by atoms with Crippen molar-refractivity contribution < 1.29 is 14.3 Å². The van der Waals surface area contributed by atoms with Crippen LogP contribution in [0.3, 0.4) is 0 Å². The Labute approximate surface area is 232 Å². The van der Waals surface area contributed by atoms with Crippen molar-refractivity contribution in [3.63, 3.8) is 0 Å². The Hall–Kier alpha value is -5.24. The van der Waals surface area contributed by atoms with Crippen molar-refractivity contribution in [1.29, 1.82) is 0 Å². The van der Waals surface area contributed by atoms with E-state index in [0.29, 0.717) is 5.56 Å². The number of aromatic nitrogens is 2. The first-order chi connectivity index (χ1) is 19.4. The lowest BCUT2D eigenvalue weighted by atomic mass is 10.1. The van der Waals surface area contributed by atoms with E-state index in [1.165, 1.54) is 0 Å². The number of benzene rings is 4. The monoisotopic (exact) mass is 531 g/mol. The number of ether oxygens (including phenoxy) is 2. The van der Waals surface area contributed by atoms with Crippen LogP contribution >= 0.6 is 0 Å². The highest BCUT2D eigenvalue weighted by Gasteiger charge is 2.13. The predicted octanol–water partition coefficient (Wildman–Crippen LogP) is 6.55. The minimum absolute atomic E-state index is 0.149. The first-order valence-electron chi connectivity index (χ1n) is 12.9. The van der Waals surface area contributed by atoms with Crippen LogP contribution in [0.2, 0.25) is 0 Å². The lowest BCUT2D eigenvalue weighted by Gasteiger charge is -2.20. The second-order valence-corrected chi connectivity index (χ2v) is 9.79. The number of amides is 1. The van der Waals surface area contributed by atoms with Gasteiger partial charge >= 0.3 is 0 Å². The van der Waals surface area contributed by atoms with Gasteiger partial charge in [-0.3, -0.25) is 9.89 Å². The fraction of sp³-hybridized carbons (Fsp3) is 0.125. The van der Waals surface area contributed by atoms with Gasteiger partial charge in [-0.05, 0) is 78.4 Å². The Kier molecular flexibility index (Phi) is 6.57. The molecule has 0 saturated heterocycles. The second-order valence-electron chi connectivity index (χ2n) is 9.79. The first-order valence-corrected chi connectivity index (χ1v) is 12.9. The van der Waals surface area contributed by atoms with E-state index in [1.807, 2.05) is 105 Å². The third-order valence-corrected chi connectivity index (χ3v) is 6.91. The number of anilines is 4. The second kappa shape index (κ2) is 10.5. The summed E-state index contributed by atoms with van der Waals surface area (Å²) in [6.45, 7) is 0.258. The summed E-state index contributed by atoms with van der Waals surface area (Å²) in [5.41, 5.74) is 7.04. The molecule has 0 aliphatic carbocycles. The number of hydrogen-bond donors (Lipinski definition) is 2. The van der Waals surface area contributed by atoms with Gasteiger partial charge in [0.15, 0.2) is 11.5 Å². The molecule has 200 valence electrons. The third-order valence-electron chi connectivity index (χ3n) is 6.91. The van der Waals surface area contributed by atoms with E-state index in [1.54, 1.807) is 0 Å². The van der Waals surface area contributed by atoms with Crippen LogP contribution in [0.1, 0.15) is 21.6 Å². The highest BCUT2D eigenvalue weighted by Crippen LogP contribution is 2.33. The average Bonchev–Trinajstić information content (AvgIpc) is 3.62. The van der Waals surface area contributed by atoms with Crippen LogP contribution in [-0.2, 0) is 0 Å². The summed E-state index contributed by atoms with van der Waals surface area (Å²) >= 11 is 0. The van der Waals surface area contributed by atoms with E-state index >= 15 is 0 Å². The summed E-state index contributed by atoms with van der Waals surface area (Å²) in [5, 5.41) is 11.7. The molecule has 1 aliphatic rings. The van der Waals surface area contributed by atoms with Gasteiger partial charge in [-0.15, -0.1) is 0 Å². The summed E-state index contributed by atoms with van der Waals surface area (Å²) in [7, 11) is 5.91. The zero-order valence-corrected chi connectivity index (χ0v) is 22.5. The van der Waals surface area contributed by atoms with E-state index in [-0.39, 0.29) is 12.7 Å². The molecule has 1 amide bonds. The maximum atomic E-state index is 12.9. The Morgan fingerprint density at radius 1 is 0.850 bits per heavy atom.